The fraction of sp³-hybridized carbons (Fsp3) is 0.467. The summed E-state index contributed by atoms with van der Waals surface area (Å²) < 4.78 is 5.58. The van der Waals surface area contributed by atoms with Crippen LogP contribution in [0.25, 0.3) is 0 Å². The molecule has 4 heteroatoms. The molecule has 2 heterocycles. The van der Waals surface area contributed by atoms with E-state index in [9.17, 15) is 9.59 Å². The summed E-state index contributed by atoms with van der Waals surface area (Å²) in [6.45, 7) is 1.72. The van der Waals surface area contributed by atoms with Crippen LogP contribution in [0.3, 0.4) is 0 Å². The van der Waals surface area contributed by atoms with Gasteiger partial charge in [0.25, 0.3) is 0 Å². The first-order chi connectivity index (χ1) is 9.25. The van der Waals surface area contributed by atoms with Crippen LogP contribution in [-0.4, -0.2) is 36.3 Å². The summed E-state index contributed by atoms with van der Waals surface area (Å²) >= 11 is 0. The zero-order valence-corrected chi connectivity index (χ0v) is 10.8. The molecule has 1 aromatic carbocycles. The minimum absolute atomic E-state index is 0.113. The van der Waals surface area contributed by atoms with E-state index in [2.05, 4.69) is 0 Å². The molecule has 19 heavy (non-hydrogen) atoms. The molecule has 100 valence electrons. The maximum absolute atomic E-state index is 12.6. The van der Waals surface area contributed by atoms with Crippen molar-refractivity contribution < 1.29 is 14.3 Å². The first kappa shape index (κ1) is 12.2. The Balaban J connectivity index is 1.79. The summed E-state index contributed by atoms with van der Waals surface area (Å²) in [5.74, 6) is 1.11. The Bertz CT molecular complexity index is 502. The maximum atomic E-state index is 12.6. The molecule has 2 aliphatic rings. The van der Waals surface area contributed by atoms with Crippen LogP contribution in [0.15, 0.2) is 24.3 Å². The number of benzene rings is 1. The highest BCUT2D eigenvalue weighted by molar-refractivity contribution is 5.87. The Labute approximate surface area is 112 Å². The first-order valence-electron chi connectivity index (χ1n) is 6.78. The Hall–Kier alpha value is -1.84. The second kappa shape index (κ2) is 5.03. The number of rotatable bonds is 1. The van der Waals surface area contributed by atoms with Gasteiger partial charge in [-0.3, -0.25) is 9.59 Å². The van der Waals surface area contributed by atoms with Crippen molar-refractivity contribution in [2.24, 2.45) is 0 Å². The van der Waals surface area contributed by atoms with Crippen molar-refractivity contribution in [3.63, 3.8) is 0 Å². The smallest absolute Gasteiger partial charge is 0.230 e. The molecule has 0 aliphatic carbocycles. The predicted molar refractivity (Wildman–Crippen MR) is 70.1 cm³/mol. The third kappa shape index (κ3) is 2.35. The lowest BCUT2D eigenvalue weighted by Gasteiger charge is -2.32. The molecule has 1 saturated heterocycles. The van der Waals surface area contributed by atoms with Gasteiger partial charge in [-0.2, -0.15) is 0 Å². The highest BCUT2D eigenvalue weighted by Gasteiger charge is 2.32. The van der Waals surface area contributed by atoms with Crippen molar-refractivity contribution in [3.8, 4) is 5.75 Å². The maximum Gasteiger partial charge on any atom is 0.230 e. The molecule has 1 aromatic rings. The van der Waals surface area contributed by atoms with Crippen LogP contribution in [0.4, 0.5) is 0 Å². The zero-order chi connectivity index (χ0) is 13.2. The number of piperidine rings is 1. The normalized spacial score (nSPS) is 22.6. The molecule has 0 bridgehead atoms. The van der Waals surface area contributed by atoms with Crippen LogP contribution in [0.1, 0.15) is 30.7 Å². The SMILES string of the molecule is O=C1CCN(C(=O)C2CCOc3ccccc32)CC1. The van der Waals surface area contributed by atoms with Gasteiger partial charge in [0.2, 0.25) is 5.91 Å². The molecule has 3 rings (SSSR count). The van der Waals surface area contributed by atoms with Gasteiger partial charge in [0, 0.05) is 31.5 Å². The largest absolute Gasteiger partial charge is 0.493 e. The van der Waals surface area contributed by atoms with Gasteiger partial charge >= 0.3 is 0 Å². The molecule has 1 unspecified atom stereocenters. The van der Waals surface area contributed by atoms with Gasteiger partial charge in [0.05, 0.1) is 12.5 Å². The minimum Gasteiger partial charge on any atom is -0.493 e. The van der Waals surface area contributed by atoms with Crippen molar-refractivity contribution in [1.82, 2.24) is 4.90 Å². The molecule has 1 amide bonds. The Morgan fingerprint density at radius 2 is 1.95 bits per heavy atom. The number of amides is 1. The van der Waals surface area contributed by atoms with Gasteiger partial charge in [-0.15, -0.1) is 0 Å². The van der Waals surface area contributed by atoms with Gasteiger partial charge < -0.3 is 9.64 Å². The number of nitrogens with zero attached hydrogens (tertiary/aromatic N) is 1. The van der Waals surface area contributed by atoms with Crippen LogP contribution in [0, 0.1) is 0 Å². The third-order valence-electron chi connectivity index (χ3n) is 3.89. The topological polar surface area (TPSA) is 46.6 Å². The lowest BCUT2D eigenvalue weighted by atomic mass is 9.91. The molecule has 1 fully saturated rings. The molecular weight excluding hydrogens is 242 g/mol. The summed E-state index contributed by atoms with van der Waals surface area (Å²) in [5.41, 5.74) is 0.982. The highest BCUT2D eigenvalue weighted by Crippen LogP contribution is 2.34. The molecule has 0 spiro atoms. The summed E-state index contributed by atoms with van der Waals surface area (Å²) in [6.07, 6.45) is 1.72. The van der Waals surface area contributed by atoms with E-state index in [1.54, 1.807) is 0 Å². The van der Waals surface area contributed by atoms with Crippen molar-refractivity contribution >= 4 is 11.7 Å². The highest BCUT2D eigenvalue weighted by atomic mass is 16.5. The number of hydrogen-bond donors (Lipinski definition) is 0. The number of para-hydroxylation sites is 1. The van der Waals surface area contributed by atoms with Crippen LogP contribution >= 0.6 is 0 Å². The average Bonchev–Trinajstić information content (AvgIpc) is 2.47. The van der Waals surface area contributed by atoms with Crippen LogP contribution < -0.4 is 4.74 Å². The van der Waals surface area contributed by atoms with Gasteiger partial charge in [-0.25, -0.2) is 0 Å². The molecule has 4 nitrogen and oxygen atoms in total. The van der Waals surface area contributed by atoms with E-state index in [1.165, 1.54) is 0 Å². The monoisotopic (exact) mass is 259 g/mol. The van der Waals surface area contributed by atoms with Crippen LogP contribution in [0.5, 0.6) is 5.75 Å². The number of carbonyl (C=O) groups excluding carboxylic acids is 2. The molecule has 0 radical (unpaired) electrons. The van der Waals surface area contributed by atoms with Gasteiger partial charge in [0.1, 0.15) is 11.5 Å². The molecule has 2 aliphatic heterocycles. The second-order valence-electron chi connectivity index (χ2n) is 5.09. The third-order valence-corrected chi connectivity index (χ3v) is 3.89. The number of carbonyl (C=O) groups is 2. The van der Waals surface area contributed by atoms with E-state index in [0.717, 1.165) is 17.7 Å². The number of ether oxygens (including phenoxy) is 1. The summed E-state index contributed by atoms with van der Waals surface area (Å²) in [5, 5.41) is 0. The molecule has 0 aromatic heterocycles. The van der Waals surface area contributed by atoms with E-state index in [4.69, 9.17) is 4.74 Å². The fourth-order valence-electron chi connectivity index (χ4n) is 2.80. The second-order valence-corrected chi connectivity index (χ2v) is 5.09. The van der Waals surface area contributed by atoms with Crippen LogP contribution in [-0.2, 0) is 9.59 Å². The van der Waals surface area contributed by atoms with E-state index < -0.39 is 0 Å². The standard InChI is InChI=1S/C15H17NO3/c17-11-5-8-16(9-6-11)15(18)13-7-10-19-14-4-2-1-3-12(13)14/h1-4,13H,5-10H2. The van der Waals surface area contributed by atoms with Crippen molar-refractivity contribution in [2.75, 3.05) is 19.7 Å². The van der Waals surface area contributed by atoms with Crippen molar-refractivity contribution in [1.29, 1.82) is 0 Å². The Kier molecular flexibility index (Phi) is 3.23. The summed E-state index contributed by atoms with van der Waals surface area (Å²) in [4.78, 5) is 25.7. The lowest BCUT2D eigenvalue weighted by molar-refractivity contribution is -0.136. The Morgan fingerprint density at radius 1 is 1.21 bits per heavy atom. The number of likely N-dealkylation sites (tertiary alicyclic amines) is 1. The van der Waals surface area contributed by atoms with Crippen molar-refractivity contribution in [3.05, 3.63) is 29.8 Å². The van der Waals surface area contributed by atoms with E-state index in [-0.39, 0.29) is 17.6 Å². The van der Waals surface area contributed by atoms with Gasteiger partial charge in [0.15, 0.2) is 0 Å². The lowest BCUT2D eigenvalue weighted by Crippen LogP contribution is -2.42. The van der Waals surface area contributed by atoms with E-state index in [0.29, 0.717) is 32.5 Å². The summed E-state index contributed by atoms with van der Waals surface area (Å²) in [7, 11) is 0. The van der Waals surface area contributed by atoms with Gasteiger partial charge in [-0.1, -0.05) is 18.2 Å². The average molecular weight is 259 g/mol. The molecule has 0 saturated carbocycles. The first-order valence-corrected chi connectivity index (χ1v) is 6.78. The molecule has 1 atom stereocenters. The zero-order valence-electron chi connectivity index (χ0n) is 10.8. The minimum atomic E-state index is -0.113. The summed E-state index contributed by atoms with van der Waals surface area (Å²) in [6, 6.07) is 7.74. The van der Waals surface area contributed by atoms with E-state index in [1.807, 2.05) is 29.2 Å². The number of ketones is 1. The molecular formula is C15H17NO3. The van der Waals surface area contributed by atoms with Crippen LogP contribution in [0.2, 0.25) is 0 Å². The predicted octanol–water partition coefficient (Wildman–Crippen LogP) is 1.74. The van der Waals surface area contributed by atoms with Crippen molar-refractivity contribution in [2.45, 2.75) is 25.2 Å². The Morgan fingerprint density at radius 3 is 2.74 bits per heavy atom. The van der Waals surface area contributed by atoms with E-state index >= 15 is 0 Å². The number of fused-ring (bicyclic) bond motifs is 1. The number of Topliss-reactive ketones (excluding diaryl/α,β-unsaturated/α-hetero) is 1. The molecule has 0 N–H and O–H groups in total. The fourth-order valence-corrected chi connectivity index (χ4v) is 2.80. The number of hydrogen-bond acceptors (Lipinski definition) is 3. The van der Waals surface area contributed by atoms with Gasteiger partial charge in [-0.05, 0) is 12.5 Å². The quantitative estimate of drug-likeness (QED) is 0.772.